The highest BCUT2D eigenvalue weighted by atomic mass is 15.0. The second-order valence-corrected chi connectivity index (χ2v) is 8.70. The molecule has 0 atom stereocenters. The second-order valence-electron chi connectivity index (χ2n) is 8.70. The lowest BCUT2D eigenvalue weighted by atomic mass is 10.0. The molecule has 36 heavy (non-hydrogen) atoms. The SMILES string of the molecule is Cc1ccc(-c2ccc3c(c2)c2ccccc2n3-c2ccc(-c3cnc(C#N)nc3)cc2C#N)cc1. The standard InChI is InChI=1S/C31H19N5/c1-20-6-8-21(9-7-20)23-11-13-30-27(15-23)26-4-2-3-5-29(26)36(30)28-12-10-22(14-24(28)16-32)25-18-34-31(17-33)35-19-25/h2-15,18-19H,1H3. The molecule has 168 valence electrons. The van der Waals surface area contributed by atoms with Crippen molar-refractivity contribution in [3.8, 4) is 40.1 Å². The van der Waals surface area contributed by atoms with Gasteiger partial charge in [0.25, 0.3) is 0 Å². The largest absolute Gasteiger partial charge is 0.308 e. The lowest BCUT2D eigenvalue weighted by Crippen LogP contribution is -1.98. The molecule has 5 heteroatoms. The summed E-state index contributed by atoms with van der Waals surface area (Å²) in [5.41, 5.74) is 8.57. The molecular weight excluding hydrogens is 442 g/mol. The molecule has 0 spiro atoms. The molecule has 0 fully saturated rings. The molecule has 5 nitrogen and oxygen atoms in total. The van der Waals surface area contributed by atoms with Gasteiger partial charge in [-0.3, -0.25) is 0 Å². The van der Waals surface area contributed by atoms with Crippen LogP contribution in [0.3, 0.4) is 0 Å². The number of aromatic nitrogens is 3. The summed E-state index contributed by atoms with van der Waals surface area (Å²) in [5.74, 6) is 0.117. The highest BCUT2D eigenvalue weighted by molar-refractivity contribution is 6.10. The molecule has 0 N–H and O–H groups in total. The van der Waals surface area contributed by atoms with Crippen molar-refractivity contribution in [2.24, 2.45) is 0 Å². The van der Waals surface area contributed by atoms with Crippen LogP contribution in [0, 0.1) is 29.6 Å². The summed E-state index contributed by atoms with van der Waals surface area (Å²) in [7, 11) is 0. The number of para-hydroxylation sites is 1. The Morgan fingerprint density at radius 1 is 0.639 bits per heavy atom. The Hall–Kier alpha value is -5.26. The van der Waals surface area contributed by atoms with E-state index >= 15 is 0 Å². The molecular formula is C31H19N5. The summed E-state index contributed by atoms with van der Waals surface area (Å²) < 4.78 is 2.15. The molecule has 0 unspecified atom stereocenters. The molecule has 0 amide bonds. The number of fused-ring (bicyclic) bond motifs is 3. The molecule has 2 aromatic heterocycles. The Morgan fingerprint density at radius 2 is 1.31 bits per heavy atom. The maximum Gasteiger partial charge on any atom is 0.232 e. The minimum atomic E-state index is 0.117. The van der Waals surface area contributed by atoms with Gasteiger partial charge in [0.05, 0.1) is 22.3 Å². The fourth-order valence-corrected chi connectivity index (χ4v) is 4.69. The van der Waals surface area contributed by atoms with Crippen LogP contribution in [0.5, 0.6) is 0 Å². The van der Waals surface area contributed by atoms with Crippen molar-refractivity contribution < 1.29 is 0 Å². The van der Waals surface area contributed by atoms with Crippen molar-refractivity contribution in [3.05, 3.63) is 114 Å². The van der Waals surface area contributed by atoms with Crippen LogP contribution >= 0.6 is 0 Å². The first kappa shape index (κ1) is 21.3. The average molecular weight is 462 g/mol. The maximum atomic E-state index is 10.1. The molecule has 6 rings (SSSR count). The van der Waals surface area contributed by atoms with E-state index in [1.165, 1.54) is 11.1 Å². The Labute approximate surface area is 208 Å². The van der Waals surface area contributed by atoms with E-state index < -0.39 is 0 Å². The van der Waals surface area contributed by atoms with Gasteiger partial charge in [-0.2, -0.15) is 10.5 Å². The molecule has 0 saturated carbocycles. The first-order valence-corrected chi connectivity index (χ1v) is 11.5. The number of benzene rings is 4. The number of aryl methyl sites for hydroxylation is 1. The third-order valence-electron chi connectivity index (χ3n) is 6.50. The van der Waals surface area contributed by atoms with Gasteiger partial charge in [-0.05, 0) is 53.9 Å². The zero-order chi connectivity index (χ0) is 24.6. The second kappa shape index (κ2) is 8.51. The van der Waals surface area contributed by atoms with Crippen molar-refractivity contribution in [1.82, 2.24) is 14.5 Å². The quantitative estimate of drug-likeness (QED) is 0.285. The Morgan fingerprint density at radius 3 is 2.06 bits per heavy atom. The fourth-order valence-electron chi connectivity index (χ4n) is 4.69. The van der Waals surface area contributed by atoms with E-state index in [0.717, 1.165) is 44.2 Å². The molecule has 0 aliphatic carbocycles. The molecule has 0 saturated heterocycles. The lowest BCUT2D eigenvalue weighted by Gasteiger charge is -2.12. The van der Waals surface area contributed by atoms with Gasteiger partial charge in [-0.1, -0.05) is 60.2 Å². The summed E-state index contributed by atoms with van der Waals surface area (Å²) in [4.78, 5) is 8.12. The van der Waals surface area contributed by atoms with E-state index in [9.17, 15) is 5.26 Å². The van der Waals surface area contributed by atoms with E-state index in [1.54, 1.807) is 12.4 Å². The van der Waals surface area contributed by atoms with Crippen molar-refractivity contribution in [1.29, 1.82) is 10.5 Å². The van der Waals surface area contributed by atoms with Crippen LogP contribution in [0.15, 0.2) is 97.3 Å². The number of hydrogen-bond donors (Lipinski definition) is 0. The zero-order valence-electron chi connectivity index (χ0n) is 19.5. The van der Waals surface area contributed by atoms with E-state index in [-0.39, 0.29) is 5.82 Å². The minimum absolute atomic E-state index is 0.117. The van der Waals surface area contributed by atoms with Gasteiger partial charge >= 0.3 is 0 Å². The van der Waals surface area contributed by atoms with Gasteiger partial charge in [0.2, 0.25) is 5.82 Å². The molecule has 0 aliphatic heterocycles. The van der Waals surface area contributed by atoms with Gasteiger partial charge in [-0.25, -0.2) is 9.97 Å². The van der Waals surface area contributed by atoms with Crippen molar-refractivity contribution in [3.63, 3.8) is 0 Å². The van der Waals surface area contributed by atoms with Crippen molar-refractivity contribution in [2.75, 3.05) is 0 Å². The number of hydrogen-bond acceptors (Lipinski definition) is 4. The first-order valence-electron chi connectivity index (χ1n) is 11.5. The number of rotatable bonds is 3. The van der Waals surface area contributed by atoms with Crippen LogP contribution in [-0.4, -0.2) is 14.5 Å². The van der Waals surface area contributed by atoms with Gasteiger partial charge < -0.3 is 4.57 Å². The smallest absolute Gasteiger partial charge is 0.232 e. The Balaban J connectivity index is 1.55. The van der Waals surface area contributed by atoms with Crippen molar-refractivity contribution >= 4 is 21.8 Å². The summed E-state index contributed by atoms with van der Waals surface area (Å²) in [6, 6.07) is 33.4. The average Bonchev–Trinajstić information content (AvgIpc) is 3.26. The molecule has 0 aliphatic rings. The topological polar surface area (TPSA) is 78.3 Å². The Bertz CT molecular complexity index is 1850. The van der Waals surface area contributed by atoms with Crippen LogP contribution in [0.2, 0.25) is 0 Å². The molecule has 6 aromatic rings. The van der Waals surface area contributed by atoms with Crippen LogP contribution in [0.4, 0.5) is 0 Å². The highest BCUT2D eigenvalue weighted by Crippen LogP contribution is 2.36. The zero-order valence-corrected chi connectivity index (χ0v) is 19.5. The van der Waals surface area contributed by atoms with E-state index in [2.05, 4.69) is 82.1 Å². The van der Waals surface area contributed by atoms with E-state index in [1.807, 2.05) is 36.4 Å². The van der Waals surface area contributed by atoms with Gasteiger partial charge in [0.1, 0.15) is 12.1 Å². The van der Waals surface area contributed by atoms with Gasteiger partial charge in [0.15, 0.2) is 0 Å². The van der Waals surface area contributed by atoms with Crippen LogP contribution < -0.4 is 0 Å². The monoisotopic (exact) mass is 461 g/mol. The molecule has 2 heterocycles. The molecule has 0 bridgehead atoms. The van der Waals surface area contributed by atoms with Crippen LogP contribution in [0.25, 0.3) is 49.7 Å². The molecule has 0 radical (unpaired) electrons. The van der Waals surface area contributed by atoms with E-state index in [4.69, 9.17) is 5.26 Å². The summed E-state index contributed by atoms with van der Waals surface area (Å²) in [5, 5.41) is 21.3. The highest BCUT2D eigenvalue weighted by Gasteiger charge is 2.16. The maximum absolute atomic E-state index is 10.1. The van der Waals surface area contributed by atoms with Crippen LogP contribution in [0.1, 0.15) is 17.0 Å². The first-order chi connectivity index (χ1) is 17.7. The minimum Gasteiger partial charge on any atom is -0.308 e. The summed E-state index contributed by atoms with van der Waals surface area (Å²) in [6.45, 7) is 2.09. The summed E-state index contributed by atoms with van der Waals surface area (Å²) >= 11 is 0. The van der Waals surface area contributed by atoms with Gasteiger partial charge in [0, 0.05) is 28.7 Å². The normalized spacial score (nSPS) is 10.9. The summed E-state index contributed by atoms with van der Waals surface area (Å²) in [6.07, 6.45) is 3.21. The Kier molecular flexibility index (Phi) is 5.03. The van der Waals surface area contributed by atoms with E-state index in [0.29, 0.717) is 5.56 Å². The fraction of sp³-hybridized carbons (Fsp3) is 0.0323. The lowest BCUT2D eigenvalue weighted by molar-refractivity contribution is 1.11. The van der Waals surface area contributed by atoms with Crippen molar-refractivity contribution in [2.45, 2.75) is 6.92 Å². The predicted molar refractivity (Wildman–Crippen MR) is 141 cm³/mol. The third kappa shape index (κ3) is 3.48. The molecule has 4 aromatic carbocycles. The number of nitrogens with zero attached hydrogens (tertiary/aromatic N) is 5. The predicted octanol–water partition coefficient (Wildman–Crippen LogP) is 6.96. The van der Waals surface area contributed by atoms with Crippen LogP contribution in [-0.2, 0) is 0 Å². The third-order valence-corrected chi connectivity index (χ3v) is 6.50. The van der Waals surface area contributed by atoms with Gasteiger partial charge in [-0.15, -0.1) is 0 Å². The number of nitriles is 2.